The maximum Gasteiger partial charge on any atom is 0.246 e. The maximum absolute atomic E-state index is 12.1. The molecule has 3 rings (SSSR count). The number of nitrogens with zero attached hydrogens (tertiary/aromatic N) is 3. The van der Waals surface area contributed by atoms with Crippen molar-refractivity contribution >= 4 is 41.5 Å². The lowest BCUT2D eigenvalue weighted by atomic mass is 9.87. The number of amides is 1. The van der Waals surface area contributed by atoms with E-state index in [-0.39, 0.29) is 41.8 Å². The van der Waals surface area contributed by atoms with E-state index in [1.807, 2.05) is 13.0 Å². The summed E-state index contributed by atoms with van der Waals surface area (Å²) in [6.07, 6.45) is 5.54. The highest BCUT2D eigenvalue weighted by molar-refractivity contribution is 14.0. The van der Waals surface area contributed by atoms with Gasteiger partial charge in [-0.05, 0) is 31.9 Å². The average molecular weight is 459 g/mol. The fraction of sp³-hybridized carbons (Fsp3) is 0.588. The topological polar surface area (TPSA) is 78.8 Å². The smallest absolute Gasteiger partial charge is 0.246 e. The average Bonchev–Trinajstić information content (AvgIpc) is 3.23. The summed E-state index contributed by atoms with van der Waals surface area (Å²) >= 11 is 0. The van der Waals surface area contributed by atoms with Gasteiger partial charge >= 0.3 is 0 Å². The van der Waals surface area contributed by atoms with Gasteiger partial charge in [-0.2, -0.15) is 0 Å². The van der Waals surface area contributed by atoms with Crippen LogP contribution in [-0.4, -0.2) is 61.1 Å². The summed E-state index contributed by atoms with van der Waals surface area (Å²) in [5, 5.41) is 6.10. The van der Waals surface area contributed by atoms with Crippen LogP contribution in [0.4, 0.5) is 5.69 Å². The van der Waals surface area contributed by atoms with Crippen molar-refractivity contribution in [2.24, 2.45) is 10.4 Å². The molecule has 0 radical (unpaired) electrons. The molecule has 0 bridgehead atoms. The van der Waals surface area contributed by atoms with Gasteiger partial charge in [-0.25, -0.2) is 4.99 Å². The predicted molar refractivity (Wildman–Crippen MR) is 108 cm³/mol. The third-order valence-electron chi connectivity index (χ3n) is 4.58. The van der Waals surface area contributed by atoms with Crippen molar-refractivity contribution < 1.29 is 9.53 Å². The van der Waals surface area contributed by atoms with Crippen molar-refractivity contribution in [2.75, 3.05) is 44.7 Å². The third-order valence-corrected chi connectivity index (χ3v) is 4.58. The van der Waals surface area contributed by atoms with Crippen molar-refractivity contribution in [1.82, 2.24) is 15.2 Å². The SMILES string of the molecule is CCNC(=NCC(=O)Nc1cccnc1)N1CCC2(CCOC2)C1.I. The Morgan fingerprint density at radius 2 is 2.36 bits per heavy atom. The van der Waals surface area contributed by atoms with Crippen LogP contribution in [0.15, 0.2) is 29.5 Å². The summed E-state index contributed by atoms with van der Waals surface area (Å²) < 4.78 is 5.58. The van der Waals surface area contributed by atoms with Crippen LogP contribution in [0.1, 0.15) is 19.8 Å². The monoisotopic (exact) mass is 459 g/mol. The number of carbonyl (C=O) groups is 1. The van der Waals surface area contributed by atoms with Gasteiger partial charge in [0, 0.05) is 37.9 Å². The predicted octanol–water partition coefficient (Wildman–Crippen LogP) is 1.72. The molecule has 2 aliphatic rings. The number of pyridine rings is 1. The Morgan fingerprint density at radius 3 is 3.04 bits per heavy atom. The minimum Gasteiger partial charge on any atom is -0.381 e. The Kier molecular flexibility index (Phi) is 7.42. The van der Waals surface area contributed by atoms with Gasteiger partial charge in [0.25, 0.3) is 0 Å². The zero-order valence-electron chi connectivity index (χ0n) is 14.5. The fourth-order valence-electron chi connectivity index (χ4n) is 3.30. The number of halogens is 1. The molecule has 0 aromatic carbocycles. The molecule has 2 aliphatic heterocycles. The largest absolute Gasteiger partial charge is 0.381 e. The van der Waals surface area contributed by atoms with Gasteiger partial charge in [0.1, 0.15) is 6.54 Å². The van der Waals surface area contributed by atoms with Gasteiger partial charge in [0.2, 0.25) is 5.91 Å². The van der Waals surface area contributed by atoms with Crippen LogP contribution < -0.4 is 10.6 Å². The molecular formula is C17H26IN5O2. The number of rotatable bonds is 4. The number of nitrogens with one attached hydrogen (secondary N) is 2. The summed E-state index contributed by atoms with van der Waals surface area (Å²) in [5.74, 6) is 0.666. The molecule has 1 atom stereocenters. The van der Waals surface area contributed by atoms with E-state index in [1.54, 1.807) is 18.5 Å². The minimum absolute atomic E-state index is 0. The van der Waals surface area contributed by atoms with Crippen LogP contribution in [0.5, 0.6) is 0 Å². The Hall–Kier alpha value is -1.42. The van der Waals surface area contributed by atoms with Crippen LogP contribution in [0.3, 0.4) is 0 Å². The highest BCUT2D eigenvalue weighted by Gasteiger charge is 2.42. The maximum atomic E-state index is 12.1. The third kappa shape index (κ3) is 5.27. The lowest BCUT2D eigenvalue weighted by molar-refractivity contribution is -0.114. The van der Waals surface area contributed by atoms with Crippen LogP contribution in [0.25, 0.3) is 0 Å². The Bertz CT molecular complexity index is 590. The first-order valence-corrected chi connectivity index (χ1v) is 8.52. The van der Waals surface area contributed by atoms with Gasteiger partial charge < -0.3 is 20.3 Å². The molecule has 25 heavy (non-hydrogen) atoms. The van der Waals surface area contributed by atoms with Gasteiger partial charge in [-0.1, -0.05) is 0 Å². The number of aromatic nitrogens is 1. The first kappa shape index (κ1) is 19.9. The van der Waals surface area contributed by atoms with Crippen molar-refractivity contribution in [3.05, 3.63) is 24.5 Å². The quantitative estimate of drug-likeness (QED) is 0.408. The zero-order chi connectivity index (χ0) is 16.8. The lowest BCUT2D eigenvalue weighted by Gasteiger charge is -2.24. The molecule has 1 spiro atoms. The van der Waals surface area contributed by atoms with E-state index in [0.717, 1.165) is 51.6 Å². The second-order valence-corrected chi connectivity index (χ2v) is 6.43. The number of guanidine groups is 1. The van der Waals surface area contributed by atoms with E-state index in [9.17, 15) is 4.79 Å². The first-order valence-electron chi connectivity index (χ1n) is 8.52. The van der Waals surface area contributed by atoms with Crippen LogP contribution in [0, 0.1) is 5.41 Å². The molecular weight excluding hydrogens is 433 g/mol. The van der Waals surface area contributed by atoms with E-state index in [1.165, 1.54) is 0 Å². The van der Waals surface area contributed by atoms with Crippen LogP contribution in [-0.2, 0) is 9.53 Å². The van der Waals surface area contributed by atoms with E-state index in [4.69, 9.17) is 4.74 Å². The number of likely N-dealkylation sites (tertiary alicyclic amines) is 1. The van der Waals surface area contributed by atoms with E-state index < -0.39 is 0 Å². The molecule has 7 nitrogen and oxygen atoms in total. The number of ether oxygens (including phenoxy) is 1. The van der Waals surface area contributed by atoms with Gasteiger partial charge in [-0.3, -0.25) is 9.78 Å². The standard InChI is InChI=1S/C17H25N5O2.HI/c1-2-19-16(22-8-5-17(12-22)6-9-24-13-17)20-11-15(23)21-14-4-3-7-18-10-14;/h3-4,7,10H,2,5-6,8-9,11-13H2,1H3,(H,19,20)(H,21,23);1H. The molecule has 2 fully saturated rings. The summed E-state index contributed by atoms with van der Waals surface area (Å²) in [4.78, 5) is 22.8. The van der Waals surface area contributed by atoms with Crippen LogP contribution in [0.2, 0.25) is 0 Å². The Balaban J connectivity index is 0.00000225. The minimum atomic E-state index is -0.142. The van der Waals surface area contributed by atoms with Crippen molar-refractivity contribution in [2.45, 2.75) is 19.8 Å². The molecule has 2 saturated heterocycles. The van der Waals surface area contributed by atoms with Crippen molar-refractivity contribution in [3.63, 3.8) is 0 Å². The molecule has 1 aromatic rings. The molecule has 1 unspecified atom stereocenters. The number of aliphatic imine (C=N–C) groups is 1. The van der Waals surface area contributed by atoms with E-state index >= 15 is 0 Å². The Morgan fingerprint density at radius 1 is 1.48 bits per heavy atom. The zero-order valence-corrected chi connectivity index (χ0v) is 16.9. The Labute approximate surface area is 165 Å². The number of carbonyl (C=O) groups excluding carboxylic acids is 1. The number of hydrogen-bond acceptors (Lipinski definition) is 4. The molecule has 8 heteroatoms. The van der Waals surface area contributed by atoms with E-state index in [2.05, 4.69) is 25.5 Å². The molecule has 1 aromatic heterocycles. The number of hydrogen-bond donors (Lipinski definition) is 2. The van der Waals surface area contributed by atoms with Gasteiger partial charge in [0.05, 0.1) is 18.5 Å². The van der Waals surface area contributed by atoms with E-state index in [0.29, 0.717) is 5.69 Å². The summed E-state index contributed by atoms with van der Waals surface area (Å²) in [5.41, 5.74) is 0.958. The molecule has 138 valence electrons. The molecule has 0 saturated carbocycles. The molecule has 2 N–H and O–H groups in total. The lowest BCUT2D eigenvalue weighted by Crippen LogP contribution is -2.42. The molecule has 3 heterocycles. The summed E-state index contributed by atoms with van der Waals surface area (Å²) in [7, 11) is 0. The molecule has 0 aliphatic carbocycles. The normalized spacial score (nSPS) is 22.8. The van der Waals surface area contributed by atoms with Crippen molar-refractivity contribution in [1.29, 1.82) is 0 Å². The fourth-order valence-corrected chi connectivity index (χ4v) is 3.30. The second kappa shape index (κ2) is 9.33. The second-order valence-electron chi connectivity index (χ2n) is 6.43. The highest BCUT2D eigenvalue weighted by Crippen LogP contribution is 2.38. The summed E-state index contributed by atoms with van der Waals surface area (Å²) in [6.45, 7) is 6.51. The highest BCUT2D eigenvalue weighted by atomic mass is 127. The van der Waals surface area contributed by atoms with Gasteiger partial charge in [0.15, 0.2) is 5.96 Å². The van der Waals surface area contributed by atoms with Crippen LogP contribution >= 0.6 is 24.0 Å². The first-order chi connectivity index (χ1) is 11.7. The van der Waals surface area contributed by atoms with Crippen molar-refractivity contribution in [3.8, 4) is 0 Å². The number of anilines is 1. The van der Waals surface area contributed by atoms with Gasteiger partial charge in [-0.15, -0.1) is 24.0 Å². The summed E-state index contributed by atoms with van der Waals surface area (Å²) in [6, 6.07) is 3.60. The molecule has 1 amide bonds.